The average Bonchev–Trinajstić information content (AvgIpc) is 2.34. The number of phenolic OH excluding ortho intramolecular Hbond substituents is 1. The van der Waals surface area contributed by atoms with Gasteiger partial charge in [-0.15, -0.1) is 0 Å². The Morgan fingerprint density at radius 1 is 1.24 bits per heavy atom. The molecule has 0 saturated carbocycles. The minimum absolute atomic E-state index is 0.0784. The number of rotatable bonds is 7. The Kier molecular flexibility index (Phi) is 5.86. The van der Waals surface area contributed by atoms with E-state index in [0.717, 1.165) is 0 Å². The fourth-order valence-electron chi connectivity index (χ4n) is 1.16. The van der Waals surface area contributed by atoms with E-state index in [2.05, 4.69) is 0 Å². The van der Waals surface area contributed by atoms with Crippen LogP contribution in [-0.4, -0.2) is 38.6 Å². The third-order valence-electron chi connectivity index (χ3n) is 2.02. The number of hydrogen-bond acceptors (Lipinski definition) is 5. The summed E-state index contributed by atoms with van der Waals surface area (Å²) < 4.78 is 15.4. The monoisotopic (exact) mass is 237 g/mol. The summed E-state index contributed by atoms with van der Waals surface area (Å²) in [6.07, 6.45) is 0. The molecule has 0 bridgehead atoms. The highest BCUT2D eigenvalue weighted by Crippen LogP contribution is 2.22. The second-order valence-corrected chi connectivity index (χ2v) is 3.24. The number of phenols is 1. The molecule has 1 aromatic carbocycles. The van der Waals surface area contributed by atoms with E-state index >= 15 is 0 Å². The predicted molar refractivity (Wildman–Crippen MR) is 61.0 cm³/mol. The molecule has 1 rings (SSSR count). The van der Waals surface area contributed by atoms with Crippen molar-refractivity contribution in [2.45, 2.75) is 0 Å². The van der Waals surface area contributed by atoms with Crippen LogP contribution in [0.4, 0.5) is 0 Å². The van der Waals surface area contributed by atoms with Crippen molar-refractivity contribution in [3.8, 4) is 17.6 Å². The molecule has 0 heterocycles. The number of nitrogens with zero attached hydrogens (tertiary/aromatic N) is 1. The maximum absolute atomic E-state index is 9.41. The van der Waals surface area contributed by atoms with Crippen LogP contribution in [-0.2, 0) is 9.47 Å². The Hall–Kier alpha value is -1.77. The molecule has 1 aromatic rings. The van der Waals surface area contributed by atoms with Gasteiger partial charge in [-0.25, -0.2) is 0 Å². The van der Waals surface area contributed by atoms with Gasteiger partial charge < -0.3 is 19.3 Å². The number of benzene rings is 1. The van der Waals surface area contributed by atoms with Crippen molar-refractivity contribution in [1.29, 1.82) is 5.26 Å². The van der Waals surface area contributed by atoms with Gasteiger partial charge in [0.25, 0.3) is 0 Å². The largest absolute Gasteiger partial charge is 0.506 e. The molecule has 0 atom stereocenters. The van der Waals surface area contributed by atoms with E-state index < -0.39 is 0 Å². The Bertz CT molecular complexity index is 387. The molecule has 5 nitrogen and oxygen atoms in total. The number of aromatic hydroxyl groups is 1. The number of methoxy groups -OCH3 is 1. The topological polar surface area (TPSA) is 71.7 Å². The van der Waals surface area contributed by atoms with Crippen LogP contribution in [0, 0.1) is 11.3 Å². The molecule has 0 aliphatic heterocycles. The van der Waals surface area contributed by atoms with E-state index in [9.17, 15) is 5.11 Å². The lowest BCUT2D eigenvalue weighted by atomic mass is 10.2. The molecular formula is C12H15NO4. The lowest BCUT2D eigenvalue weighted by molar-refractivity contribution is 0.0544. The zero-order valence-corrected chi connectivity index (χ0v) is 9.68. The van der Waals surface area contributed by atoms with Gasteiger partial charge in [-0.2, -0.15) is 5.26 Å². The van der Waals surface area contributed by atoms with Gasteiger partial charge in [0.1, 0.15) is 24.2 Å². The molecule has 0 unspecified atom stereocenters. The molecule has 1 N–H and O–H groups in total. The third kappa shape index (κ3) is 4.72. The zero-order chi connectivity index (χ0) is 12.5. The molecule has 0 radical (unpaired) electrons. The van der Waals surface area contributed by atoms with Gasteiger partial charge in [0, 0.05) is 13.2 Å². The van der Waals surface area contributed by atoms with E-state index in [0.29, 0.717) is 32.2 Å². The first kappa shape index (κ1) is 13.3. The fraction of sp³-hybridized carbons (Fsp3) is 0.417. The summed E-state index contributed by atoms with van der Waals surface area (Å²) in [5.74, 6) is 0.433. The molecule has 0 amide bonds. The Labute approximate surface area is 100 Å². The van der Waals surface area contributed by atoms with E-state index in [1.807, 2.05) is 6.07 Å². The SMILES string of the molecule is COCCOCCOc1ccc(C#N)c(O)c1. The summed E-state index contributed by atoms with van der Waals surface area (Å²) in [5, 5.41) is 18.0. The van der Waals surface area contributed by atoms with Gasteiger partial charge >= 0.3 is 0 Å². The molecule has 17 heavy (non-hydrogen) atoms. The molecule has 0 spiro atoms. The second kappa shape index (κ2) is 7.49. The first-order valence-electron chi connectivity index (χ1n) is 5.20. The van der Waals surface area contributed by atoms with Crippen LogP contribution in [0.15, 0.2) is 18.2 Å². The third-order valence-corrected chi connectivity index (χ3v) is 2.02. The van der Waals surface area contributed by atoms with Gasteiger partial charge in [-0.1, -0.05) is 0 Å². The standard InChI is InChI=1S/C12H15NO4/c1-15-4-5-16-6-7-17-11-3-2-10(9-13)12(14)8-11/h2-3,8,14H,4-7H2,1H3. The van der Waals surface area contributed by atoms with E-state index in [1.165, 1.54) is 12.1 Å². The van der Waals surface area contributed by atoms with Crippen molar-refractivity contribution in [1.82, 2.24) is 0 Å². The highest BCUT2D eigenvalue weighted by Gasteiger charge is 2.02. The molecule has 0 aromatic heterocycles. The summed E-state index contributed by atoms with van der Waals surface area (Å²) in [6.45, 7) is 1.91. The minimum Gasteiger partial charge on any atom is -0.506 e. The first-order valence-corrected chi connectivity index (χ1v) is 5.20. The Morgan fingerprint density at radius 2 is 2.00 bits per heavy atom. The summed E-state index contributed by atoms with van der Waals surface area (Å²) >= 11 is 0. The van der Waals surface area contributed by atoms with Crippen molar-refractivity contribution in [2.75, 3.05) is 33.5 Å². The summed E-state index contributed by atoms with van der Waals surface area (Å²) in [6, 6.07) is 6.42. The molecule has 5 heteroatoms. The summed E-state index contributed by atoms with van der Waals surface area (Å²) in [7, 11) is 1.61. The number of ether oxygens (including phenoxy) is 3. The van der Waals surface area contributed by atoms with Gasteiger partial charge in [0.15, 0.2) is 0 Å². The van der Waals surface area contributed by atoms with Crippen LogP contribution >= 0.6 is 0 Å². The molecule has 0 fully saturated rings. The van der Waals surface area contributed by atoms with Crippen LogP contribution in [0.1, 0.15) is 5.56 Å². The number of nitriles is 1. The molecule has 0 aliphatic carbocycles. The Morgan fingerprint density at radius 3 is 2.65 bits per heavy atom. The average molecular weight is 237 g/mol. The molecule has 92 valence electrons. The van der Waals surface area contributed by atoms with Crippen molar-refractivity contribution in [3.05, 3.63) is 23.8 Å². The van der Waals surface area contributed by atoms with Crippen molar-refractivity contribution < 1.29 is 19.3 Å². The number of hydrogen-bond donors (Lipinski definition) is 1. The molecular weight excluding hydrogens is 222 g/mol. The highest BCUT2D eigenvalue weighted by atomic mass is 16.5. The predicted octanol–water partition coefficient (Wildman–Crippen LogP) is 1.31. The quantitative estimate of drug-likeness (QED) is 0.724. The van der Waals surface area contributed by atoms with Crippen LogP contribution in [0.25, 0.3) is 0 Å². The van der Waals surface area contributed by atoms with Gasteiger partial charge in [-0.3, -0.25) is 0 Å². The van der Waals surface area contributed by atoms with Gasteiger partial charge in [0.05, 0.1) is 25.4 Å². The van der Waals surface area contributed by atoms with Crippen LogP contribution in [0.5, 0.6) is 11.5 Å². The van der Waals surface area contributed by atoms with Crippen LogP contribution < -0.4 is 4.74 Å². The Balaban J connectivity index is 2.28. The molecule has 0 saturated heterocycles. The van der Waals surface area contributed by atoms with Gasteiger partial charge in [-0.05, 0) is 12.1 Å². The van der Waals surface area contributed by atoms with Crippen LogP contribution in [0.2, 0.25) is 0 Å². The van der Waals surface area contributed by atoms with Gasteiger partial charge in [0.2, 0.25) is 0 Å². The summed E-state index contributed by atoms with van der Waals surface area (Å²) in [4.78, 5) is 0. The summed E-state index contributed by atoms with van der Waals surface area (Å²) in [5.41, 5.74) is 0.230. The van der Waals surface area contributed by atoms with Crippen molar-refractivity contribution in [3.63, 3.8) is 0 Å². The van der Waals surface area contributed by atoms with E-state index in [-0.39, 0.29) is 11.3 Å². The van der Waals surface area contributed by atoms with E-state index in [4.69, 9.17) is 19.5 Å². The first-order chi connectivity index (χ1) is 8.27. The maximum atomic E-state index is 9.41. The lowest BCUT2D eigenvalue weighted by Crippen LogP contribution is -2.09. The normalized spacial score (nSPS) is 9.88. The highest BCUT2D eigenvalue weighted by molar-refractivity contribution is 5.46. The zero-order valence-electron chi connectivity index (χ0n) is 9.68. The second-order valence-electron chi connectivity index (χ2n) is 3.24. The van der Waals surface area contributed by atoms with Crippen molar-refractivity contribution >= 4 is 0 Å². The van der Waals surface area contributed by atoms with E-state index in [1.54, 1.807) is 13.2 Å². The molecule has 0 aliphatic rings. The van der Waals surface area contributed by atoms with Crippen LogP contribution in [0.3, 0.4) is 0 Å². The minimum atomic E-state index is -0.0784. The smallest absolute Gasteiger partial charge is 0.137 e. The lowest BCUT2D eigenvalue weighted by Gasteiger charge is -2.07. The maximum Gasteiger partial charge on any atom is 0.137 e. The van der Waals surface area contributed by atoms with Crippen molar-refractivity contribution in [2.24, 2.45) is 0 Å². The fourth-order valence-corrected chi connectivity index (χ4v) is 1.16.